The van der Waals surface area contributed by atoms with Crippen molar-refractivity contribution in [3.63, 3.8) is 0 Å². The predicted octanol–water partition coefficient (Wildman–Crippen LogP) is 2.14. The number of nitrogens with one attached hydrogen (secondary N) is 2. The van der Waals surface area contributed by atoms with Crippen LogP contribution >= 0.6 is 0 Å². The average Bonchev–Trinajstić information content (AvgIpc) is 2.38. The fourth-order valence-electron chi connectivity index (χ4n) is 1.86. The van der Waals surface area contributed by atoms with Crippen molar-refractivity contribution in [3.05, 3.63) is 23.8 Å². The summed E-state index contributed by atoms with van der Waals surface area (Å²) in [5.74, 6) is 0.867. The van der Waals surface area contributed by atoms with Crippen molar-refractivity contribution in [2.75, 3.05) is 30.7 Å². The molecule has 1 rings (SSSR count). The molecule has 0 aliphatic heterocycles. The third-order valence-electron chi connectivity index (χ3n) is 2.86. The lowest BCUT2D eigenvalue weighted by molar-refractivity contribution is 0.412. The molecule has 0 aliphatic rings. The highest BCUT2D eigenvalue weighted by atomic mass is 32.2. The lowest BCUT2D eigenvalue weighted by atomic mass is 10.2. The van der Waals surface area contributed by atoms with Gasteiger partial charge in [0, 0.05) is 5.69 Å². The number of ether oxygens (including phenoxy) is 1. The van der Waals surface area contributed by atoms with Crippen molar-refractivity contribution in [2.24, 2.45) is 0 Å². The molecule has 0 saturated heterocycles. The number of rotatable bonds is 9. The van der Waals surface area contributed by atoms with Crippen molar-refractivity contribution in [2.45, 2.75) is 26.7 Å². The van der Waals surface area contributed by atoms with E-state index in [4.69, 9.17) is 4.74 Å². The monoisotopic (exact) mass is 300 g/mol. The van der Waals surface area contributed by atoms with Gasteiger partial charge in [-0.05, 0) is 56.6 Å². The van der Waals surface area contributed by atoms with E-state index in [1.54, 1.807) is 25.3 Å². The molecule has 0 atom stereocenters. The van der Waals surface area contributed by atoms with Crippen LogP contribution in [0.25, 0.3) is 0 Å². The Bertz CT molecular complexity index is 515. The molecule has 6 heteroatoms. The summed E-state index contributed by atoms with van der Waals surface area (Å²) in [6.07, 6.45) is 1.65. The van der Waals surface area contributed by atoms with Gasteiger partial charge in [-0.3, -0.25) is 4.72 Å². The van der Waals surface area contributed by atoms with Crippen LogP contribution in [0.15, 0.2) is 18.2 Å². The molecule has 0 aliphatic carbocycles. The molecule has 0 heterocycles. The number of hydrogen-bond donors (Lipinski definition) is 2. The van der Waals surface area contributed by atoms with Crippen LogP contribution in [-0.4, -0.2) is 34.4 Å². The molecule has 0 aromatic heterocycles. The van der Waals surface area contributed by atoms with Crippen LogP contribution in [0.5, 0.6) is 5.75 Å². The second kappa shape index (κ2) is 8.11. The SMILES string of the molecule is CCCNCCCS(=O)(=O)Nc1ccc(OC)c(C)c1. The minimum Gasteiger partial charge on any atom is -0.496 e. The first-order valence-corrected chi connectivity index (χ1v) is 8.49. The van der Waals surface area contributed by atoms with Gasteiger partial charge >= 0.3 is 0 Å². The molecule has 114 valence electrons. The fraction of sp³-hybridized carbons (Fsp3) is 0.571. The smallest absolute Gasteiger partial charge is 0.232 e. The molecule has 1 aromatic carbocycles. The number of benzene rings is 1. The maximum atomic E-state index is 11.9. The summed E-state index contributed by atoms with van der Waals surface area (Å²) in [7, 11) is -1.70. The van der Waals surface area contributed by atoms with Crippen LogP contribution in [0.1, 0.15) is 25.3 Å². The summed E-state index contributed by atoms with van der Waals surface area (Å²) in [4.78, 5) is 0. The molecule has 0 fully saturated rings. The molecular formula is C14H24N2O3S. The summed E-state index contributed by atoms with van der Waals surface area (Å²) in [5, 5.41) is 3.19. The summed E-state index contributed by atoms with van der Waals surface area (Å²) < 4.78 is 31.6. The summed E-state index contributed by atoms with van der Waals surface area (Å²) in [6.45, 7) is 5.60. The van der Waals surface area contributed by atoms with Gasteiger partial charge < -0.3 is 10.1 Å². The first-order chi connectivity index (χ1) is 9.48. The van der Waals surface area contributed by atoms with Crippen molar-refractivity contribution in [1.29, 1.82) is 0 Å². The minimum atomic E-state index is -3.29. The van der Waals surface area contributed by atoms with Crippen LogP contribution in [0.3, 0.4) is 0 Å². The number of aryl methyl sites for hydroxylation is 1. The largest absolute Gasteiger partial charge is 0.496 e. The average molecular weight is 300 g/mol. The van der Waals surface area contributed by atoms with Crippen LogP contribution in [0.4, 0.5) is 5.69 Å². The maximum Gasteiger partial charge on any atom is 0.232 e. The predicted molar refractivity (Wildman–Crippen MR) is 82.9 cm³/mol. The number of anilines is 1. The molecule has 2 N–H and O–H groups in total. The van der Waals surface area contributed by atoms with Crippen molar-refractivity contribution in [3.8, 4) is 5.75 Å². The van der Waals surface area contributed by atoms with E-state index in [2.05, 4.69) is 17.0 Å². The quantitative estimate of drug-likeness (QED) is 0.686. The number of methoxy groups -OCH3 is 1. The van der Waals surface area contributed by atoms with Crippen LogP contribution < -0.4 is 14.8 Å². The Morgan fingerprint density at radius 1 is 1.25 bits per heavy atom. The zero-order chi connectivity index (χ0) is 15.0. The molecule has 0 bridgehead atoms. The molecule has 1 aromatic rings. The van der Waals surface area contributed by atoms with Gasteiger partial charge in [-0.1, -0.05) is 6.92 Å². The zero-order valence-electron chi connectivity index (χ0n) is 12.4. The van der Waals surface area contributed by atoms with E-state index in [1.807, 2.05) is 6.92 Å². The molecule has 0 radical (unpaired) electrons. The van der Waals surface area contributed by atoms with Gasteiger partial charge in [0.25, 0.3) is 0 Å². The van der Waals surface area contributed by atoms with Gasteiger partial charge in [0.1, 0.15) is 5.75 Å². The highest BCUT2D eigenvalue weighted by Gasteiger charge is 2.10. The molecule has 0 unspecified atom stereocenters. The highest BCUT2D eigenvalue weighted by molar-refractivity contribution is 7.92. The van der Waals surface area contributed by atoms with E-state index >= 15 is 0 Å². The van der Waals surface area contributed by atoms with Gasteiger partial charge in [-0.2, -0.15) is 0 Å². The Labute approximate surface area is 121 Å². The first-order valence-electron chi connectivity index (χ1n) is 6.84. The van der Waals surface area contributed by atoms with Crippen LogP contribution in [-0.2, 0) is 10.0 Å². The van der Waals surface area contributed by atoms with E-state index in [0.717, 1.165) is 30.8 Å². The summed E-state index contributed by atoms with van der Waals surface area (Å²) in [6, 6.07) is 5.24. The number of sulfonamides is 1. The second-order valence-corrected chi connectivity index (χ2v) is 6.55. The lowest BCUT2D eigenvalue weighted by Crippen LogP contribution is -2.22. The normalized spacial score (nSPS) is 11.3. The van der Waals surface area contributed by atoms with Gasteiger partial charge in [-0.15, -0.1) is 0 Å². The Hall–Kier alpha value is -1.27. The Balaban J connectivity index is 2.51. The van der Waals surface area contributed by atoms with E-state index in [-0.39, 0.29) is 5.75 Å². The van der Waals surface area contributed by atoms with Crippen molar-refractivity contribution < 1.29 is 13.2 Å². The standard InChI is InChI=1S/C14H24N2O3S/c1-4-8-15-9-5-10-20(17,18)16-13-6-7-14(19-3)12(2)11-13/h6-7,11,15-16H,4-5,8-10H2,1-3H3. The lowest BCUT2D eigenvalue weighted by Gasteiger charge is -2.10. The van der Waals surface area contributed by atoms with Crippen molar-refractivity contribution in [1.82, 2.24) is 5.32 Å². The molecule has 0 spiro atoms. The van der Waals surface area contributed by atoms with Crippen LogP contribution in [0, 0.1) is 6.92 Å². The Morgan fingerprint density at radius 2 is 2.00 bits per heavy atom. The van der Waals surface area contributed by atoms with Crippen molar-refractivity contribution >= 4 is 15.7 Å². The van der Waals surface area contributed by atoms with Crippen LogP contribution in [0.2, 0.25) is 0 Å². The molecule has 0 amide bonds. The third-order valence-corrected chi connectivity index (χ3v) is 4.23. The minimum absolute atomic E-state index is 0.120. The van der Waals surface area contributed by atoms with E-state index < -0.39 is 10.0 Å². The summed E-state index contributed by atoms with van der Waals surface area (Å²) >= 11 is 0. The second-order valence-electron chi connectivity index (χ2n) is 4.71. The molecular weight excluding hydrogens is 276 g/mol. The van der Waals surface area contributed by atoms with Gasteiger partial charge in [0.15, 0.2) is 0 Å². The van der Waals surface area contributed by atoms with E-state index in [1.165, 1.54) is 0 Å². The maximum absolute atomic E-state index is 11.9. The Kier molecular flexibility index (Phi) is 6.81. The topological polar surface area (TPSA) is 67.4 Å². The number of hydrogen-bond acceptors (Lipinski definition) is 4. The molecule has 5 nitrogen and oxygen atoms in total. The molecule has 0 saturated carbocycles. The molecule has 20 heavy (non-hydrogen) atoms. The van der Waals surface area contributed by atoms with Gasteiger partial charge in [-0.25, -0.2) is 8.42 Å². The highest BCUT2D eigenvalue weighted by Crippen LogP contribution is 2.22. The van der Waals surface area contributed by atoms with Gasteiger partial charge in [0.2, 0.25) is 10.0 Å². The Morgan fingerprint density at radius 3 is 2.60 bits per heavy atom. The fourth-order valence-corrected chi connectivity index (χ4v) is 2.97. The van der Waals surface area contributed by atoms with E-state index in [9.17, 15) is 8.42 Å². The van der Waals surface area contributed by atoms with Gasteiger partial charge in [0.05, 0.1) is 12.9 Å². The summed E-state index contributed by atoms with van der Waals surface area (Å²) in [5.41, 5.74) is 1.47. The van der Waals surface area contributed by atoms with E-state index in [0.29, 0.717) is 12.1 Å². The zero-order valence-corrected chi connectivity index (χ0v) is 13.2. The third kappa shape index (κ3) is 5.79. The first kappa shape index (κ1) is 16.8.